The van der Waals surface area contributed by atoms with Gasteiger partial charge in [-0.15, -0.1) is 0 Å². The van der Waals surface area contributed by atoms with Crippen molar-refractivity contribution >= 4 is 29.6 Å². The van der Waals surface area contributed by atoms with E-state index in [1.54, 1.807) is 0 Å². The highest BCUT2D eigenvalue weighted by molar-refractivity contribution is 5.95. The lowest BCUT2D eigenvalue weighted by atomic mass is 9.99. The molecule has 12 heteroatoms. The predicted molar refractivity (Wildman–Crippen MR) is 150 cm³/mol. The van der Waals surface area contributed by atoms with E-state index in [1.165, 1.54) is 13.8 Å². The molecule has 0 aliphatic heterocycles. The van der Waals surface area contributed by atoms with E-state index < -0.39 is 65.9 Å². The van der Waals surface area contributed by atoms with Gasteiger partial charge in [-0.2, -0.15) is 0 Å². The van der Waals surface area contributed by atoms with Crippen molar-refractivity contribution in [2.75, 3.05) is 0 Å². The Morgan fingerprint density at radius 2 is 1.20 bits per heavy atom. The first-order chi connectivity index (χ1) is 18.6. The number of nitrogens with one attached hydrogen (secondary N) is 4. The van der Waals surface area contributed by atoms with E-state index in [9.17, 15) is 29.1 Å². The number of rotatable bonds is 16. The Morgan fingerprint density at radius 1 is 0.725 bits per heavy atom. The molecule has 1 aromatic carbocycles. The standard InChI is InChI=1S/C28H45N5O7/c1-15(2)12-21(31-24(35)20(29)14-19-10-8-7-9-11-19)25(36)32-22(13-16(3)4)26(37)33-23(18(6)34)27(38)30-17(5)28(39)40/h7-11,15-18,20-23,34H,12-14,29H2,1-6H3,(H,30,38)(H,31,35)(H,32,36)(H,33,37)(H,39,40)/t17-,18+,20-,21-,22-,23-/m0/s1. The quantitative estimate of drug-likeness (QED) is 0.146. The maximum absolute atomic E-state index is 13.3. The first-order valence-corrected chi connectivity index (χ1v) is 13.5. The SMILES string of the molecule is CC(C)C[C@H](NC(=O)[C@H](CC(C)C)NC(=O)[C@@H](N)Cc1ccccc1)C(=O)N[C@H](C(=O)N[C@@H](C)C(=O)O)[C@@H](C)O. The van der Waals surface area contributed by atoms with Crippen LogP contribution < -0.4 is 27.0 Å². The fraction of sp³-hybridized carbons (Fsp3) is 0.607. The Hall–Kier alpha value is -3.51. The van der Waals surface area contributed by atoms with Gasteiger partial charge < -0.3 is 37.2 Å². The van der Waals surface area contributed by atoms with Crippen molar-refractivity contribution in [2.24, 2.45) is 17.6 Å². The number of amides is 4. The number of carbonyl (C=O) groups is 5. The van der Waals surface area contributed by atoms with E-state index in [4.69, 9.17) is 10.8 Å². The molecule has 40 heavy (non-hydrogen) atoms. The van der Waals surface area contributed by atoms with Gasteiger partial charge in [0.05, 0.1) is 12.1 Å². The third-order valence-corrected chi connectivity index (χ3v) is 6.11. The number of carboxylic acids is 1. The van der Waals surface area contributed by atoms with Crippen molar-refractivity contribution in [3.63, 3.8) is 0 Å². The van der Waals surface area contributed by atoms with Crippen LogP contribution in [0.15, 0.2) is 30.3 Å². The van der Waals surface area contributed by atoms with E-state index in [1.807, 2.05) is 58.0 Å². The molecule has 6 atom stereocenters. The largest absolute Gasteiger partial charge is 0.480 e. The number of carboxylic acid groups (broad SMARTS) is 1. The molecule has 0 unspecified atom stereocenters. The average molecular weight is 564 g/mol. The molecule has 1 rings (SSSR count). The Morgan fingerprint density at radius 3 is 1.65 bits per heavy atom. The van der Waals surface area contributed by atoms with Crippen LogP contribution in [-0.4, -0.2) is 76.1 Å². The molecule has 224 valence electrons. The van der Waals surface area contributed by atoms with Gasteiger partial charge in [-0.25, -0.2) is 0 Å². The second-order valence-electron chi connectivity index (χ2n) is 11.0. The van der Waals surface area contributed by atoms with Crippen LogP contribution in [0.1, 0.15) is 59.9 Å². The molecular weight excluding hydrogens is 518 g/mol. The Bertz CT molecular complexity index is 1000. The van der Waals surface area contributed by atoms with E-state index >= 15 is 0 Å². The van der Waals surface area contributed by atoms with Crippen molar-refractivity contribution < 1.29 is 34.2 Å². The summed E-state index contributed by atoms with van der Waals surface area (Å²) in [5.74, 6) is -4.01. The molecule has 0 radical (unpaired) electrons. The minimum absolute atomic E-state index is 0.0262. The van der Waals surface area contributed by atoms with Gasteiger partial charge in [-0.05, 0) is 50.5 Å². The molecule has 0 spiro atoms. The van der Waals surface area contributed by atoms with Gasteiger partial charge in [-0.1, -0.05) is 58.0 Å². The molecule has 0 heterocycles. The van der Waals surface area contributed by atoms with Crippen LogP contribution in [0.25, 0.3) is 0 Å². The lowest BCUT2D eigenvalue weighted by Crippen LogP contribution is -2.60. The Balaban J connectivity index is 3.03. The van der Waals surface area contributed by atoms with Crippen LogP contribution in [-0.2, 0) is 30.4 Å². The molecule has 4 amide bonds. The van der Waals surface area contributed by atoms with Crippen molar-refractivity contribution in [3.8, 4) is 0 Å². The van der Waals surface area contributed by atoms with Crippen LogP contribution >= 0.6 is 0 Å². The predicted octanol–water partition coefficient (Wildman–Crippen LogP) is 0.0731. The van der Waals surface area contributed by atoms with Gasteiger partial charge in [0, 0.05) is 0 Å². The summed E-state index contributed by atoms with van der Waals surface area (Å²) in [6.45, 7) is 9.99. The second-order valence-corrected chi connectivity index (χ2v) is 11.0. The van der Waals surface area contributed by atoms with Gasteiger partial charge in [0.15, 0.2) is 0 Å². The molecule has 0 aliphatic carbocycles. The van der Waals surface area contributed by atoms with Crippen LogP contribution in [0.3, 0.4) is 0 Å². The summed E-state index contributed by atoms with van der Waals surface area (Å²) in [6.07, 6.45) is -0.575. The van der Waals surface area contributed by atoms with Crippen LogP contribution in [0, 0.1) is 11.8 Å². The summed E-state index contributed by atoms with van der Waals surface area (Å²) in [7, 11) is 0. The number of aliphatic hydroxyl groups is 1. The maximum atomic E-state index is 13.3. The van der Waals surface area contributed by atoms with E-state index in [-0.39, 0.29) is 31.1 Å². The molecule has 0 saturated heterocycles. The van der Waals surface area contributed by atoms with Crippen molar-refractivity contribution in [2.45, 2.75) is 97.1 Å². The molecule has 0 fully saturated rings. The summed E-state index contributed by atoms with van der Waals surface area (Å²) >= 11 is 0. The zero-order valence-corrected chi connectivity index (χ0v) is 24.1. The lowest BCUT2D eigenvalue weighted by molar-refractivity contribution is -0.142. The molecule has 8 N–H and O–H groups in total. The number of aliphatic carboxylic acids is 1. The maximum Gasteiger partial charge on any atom is 0.325 e. The highest BCUT2D eigenvalue weighted by Crippen LogP contribution is 2.11. The Kier molecular flexibility index (Phi) is 14.3. The van der Waals surface area contributed by atoms with Crippen molar-refractivity contribution in [1.29, 1.82) is 0 Å². The summed E-state index contributed by atoms with van der Waals surface area (Å²) < 4.78 is 0. The molecule has 0 aromatic heterocycles. The van der Waals surface area contributed by atoms with Gasteiger partial charge in [0.1, 0.15) is 24.2 Å². The summed E-state index contributed by atoms with van der Waals surface area (Å²) in [5.41, 5.74) is 6.98. The number of nitrogens with two attached hydrogens (primary N) is 1. The van der Waals surface area contributed by atoms with E-state index in [0.717, 1.165) is 5.56 Å². The van der Waals surface area contributed by atoms with E-state index in [0.29, 0.717) is 0 Å². The first-order valence-electron chi connectivity index (χ1n) is 13.5. The summed E-state index contributed by atoms with van der Waals surface area (Å²) in [5, 5.41) is 29.2. The van der Waals surface area contributed by atoms with Gasteiger partial charge in [-0.3, -0.25) is 24.0 Å². The van der Waals surface area contributed by atoms with Gasteiger partial charge in [0.25, 0.3) is 0 Å². The monoisotopic (exact) mass is 563 g/mol. The topological polar surface area (TPSA) is 200 Å². The van der Waals surface area contributed by atoms with Crippen molar-refractivity contribution in [1.82, 2.24) is 21.3 Å². The first kappa shape index (κ1) is 34.5. The third kappa shape index (κ3) is 12.1. The van der Waals surface area contributed by atoms with Crippen molar-refractivity contribution in [3.05, 3.63) is 35.9 Å². The van der Waals surface area contributed by atoms with Gasteiger partial charge >= 0.3 is 5.97 Å². The van der Waals surface area contributed by atoms with Crippen LogP contribution in [0.2, 0.25) is 0 Å². The van der Waals surface area contributed by atoms with Gasteiger partial charge in [0.2, 0.25) is 23.6 Å². The zero-order chi connectivity index (χ0) is 30.6. The molecular formula is C28H45N5O7. The number of aliphatic hydroxyl groups excluding tert-OH is 1. The fourth-order valence-electron chi connectivity index (χ4n) is 3.94. The number of hydrogen-bond donors (Lipinski definition) is 7. The molecule has 12 nitrogen and oxygen atoms in total. The fourth-order valence-corrected chi connectivity index (χ4v) is 3.94. The number of benzene rings is 1. The summed E-state index contributed by atoms with van der Waals surface area (Å²) in [4.78, 5) is 63.0. The van der Waals surface area contributed by atoms with Crippen LogP contribution in [0.4, 0.5) is 0 Å². The smallest absolute Gasteiger partial charge is 0.325 e. The third-order valence-electron chi connectivity index (χ3n) is 6.11. The highest BCUT2D eigenvalue weighted by atomic mass is 16.4. The zero-order valence-electron chi connectivity index (χ0n) is 24.1. The molecule has 0 saturated carbocycles. The molecule has 0 bridgehead atoms. The molecule has 0 aliphatic rings. The minimum Gasteiger partial charge on any atom is -0.480 e. The molecule has 1 aromatic rings. The number of hydrogen-bond acceptors (Lipinski definition) is 7. The average Bonchev–Trinajstić information content (AvgIpc) is 2.85. The Labute approximate surface area is 235 Å². The minimum atomic E-state index is -1.46. The second kappa shape index (κ2) is 16.6. The normalized spacial score (nSPS) is 15.8. The lowest BCUT2D eigenvalue weighted by Gasteiger charge is -2.28. The van der Waals surface area contributed by atoms with Crippen LogP contribution in [0.5, 0.6) is 0 Å². The number of carbonyl (C=O) groups excluding carboxylic acids is 4. The highest BCUT2D eigenvalue weighted by Gasteiger charge is 2.33. The summed E-state index contributed by atoms with van der Waals surface area (Å²) in [6, 6.07) is 3.58. The van der Waals surface area contributed by atoms with E-state index in [2.05, 4.69) is 21.3 Å².